The van der Waals surface area contributed by atoms with Crippen molar-refractivity contribution in [3.05, 3.63) is 70.8 Å². The lowest BCUT2D eigenvalue weighted by Crippen LogP contribution is -2.64. The second-order valence-electron chi connectivity index (χ2n) is 13.9. The van der Waals surface area contributed by atoms with E-state index in [-0.39, 0.29) is 36.8 Å². The van der Waals surface area contributed by atoms with Gasteiger partial charge >= 0.3 is 24.2 Å². The van der Waals surface area contributed by atoms with Crippen molar-refractivity contribution in [3.8, 4) is 0 Å². The van der Waals surface area contributed by atoms with Crippen LogP contribution in [0.1, 0.15) is 111 Å². The van der Waals surface area contributed by atoms with Gasteiger partial charge in [-0.15, -0.1) is 0 Å². The van der Waals surface area contributed by atoms with Gasteiger partial charge in [0.15, 0.2) is 11.6 Å². The lowest BCUT2D eigenvalue weighted by Gasteiger charge is -2.39. The molecule has 4 N–H and O–H groups in total. The third-order valence-corrected chi connectivity index (χ3v) is 8.36. The number of hydrogen-bond donors (Lipinski definition) is 4. The first kappa shape index (κ1) is 41.6. The minimum Gasteiger partial charge on any atom is -0.445 e. The Balaban J connectivity index is 1.14. The molecule has 6 amide bonds. The van der Waals surface area contributed by atoms with Crippen molar-refractivity contribution in [2.75, 3.05) is 26.2 Å². The van der Waals surface area contributed by atoms with E-state index in [1.54, 1.807) is 48.5 Å². The number of hydrogen-bond acceptors (Lipinski definition) is 10. The first-order valence-corrected chi connectivity index (χ1v) is 17.7. The molecule has 0 aromatic heterocycles. The van der Waals surface area contributed by atoms with Gasteiger partial charge in [0.1, 0.15) is 24.4 Å². The van der Waals surface area contributed by atoms with Gasteiger partial charge in [-0.05, 0) is 64.5 Å². The molecule has 52 heavy (non-hydrogen) atoms. The normalized spacial score (nSPS) is 13.0. The summed E-state index contributed by atoms with van der Waals surface area (Å²) in [5.74, 6) is -0.779. The molecule has 0 saturated carbocycles. The molecule has 1 aliphatic rings. The van der Waals surface area contributed by atoms with Crippen LogP contribution in [0, 0.1) is 0 Å². The first-order chi connectivity index (χ1) is 24.6. The van der Waals surface area contributed by atoms with E-state index in [1.165, 1.54) is 37.5 Å². The van der Waals surface area contributed by atoms with Crippen LogP contribution < -0.4 is 10.6 Å². The molecule has 2 aromatic carbocycles. The number of rotatable bonds is 22. The van der Waals surface area contributed by atoms with Crippen molar-refractivity contribution in [1.82, 2.24) is 20.4 Å². The first-order valence-electron chi connectivity index (χ1n) is 17.7. The van der Waals surface area contributed by atoms with Crippen LogP contribution in [0.3, 0.4) is 0 Å². The third-order valence-electron chi connectivity index (χ3n) is 8.36. The lowest BCUT2D eigenvalue weighted by molar-refractivity contribution is 0.0487. The summed E-state index contributed by atoms with van der Waals surface area (Å²) >= 11 is 0. The molecular formula is C38H52N4O10. The molecule has 0 bridgehead atoms. The molecule has 14 heteroatoms. The number of carbonyl (C=O) groups excluding carboxylic acids is 6. The van der Waals surface area contributed by atoms with Crippen molar-refractivity contribution >= 4 is 35.8 Å². The Bertz CT molecular complexity index is 1400. The fourth-order valence-electron chi connectivity index (χ4n) is 5.28. The van der Waals surface area contributed by atoms with Gasteiger partial charge < -0.3 is 30.3 Å². The number of Topliss-reactive ketones (excluding diaryl/α,β-unsaturated/α-hetero) is 2. The van der Waals surface area contributed by atoms with Crippen LogP contribution in [0.5, 0.6) is 0 Å². The number of unbranched alkanes of at least 4 members (excludes halogenated alkanes) is 6. The Morgan fingerprint density at radius 3 is 1.21 bits per heavy atom. The predicted octanol–water partition coefficient (Wildman–Crippen LogP) is 5.72. The fraction of sp³-hybridized carbons (Fsp3) is 0.526. The van der Waals surface area contributed by atoms with Crippen molar-refractivity contribution < 1.29 is 48.5 Å². The number of benzene rings is 2. The Morgan fingerprint density at radius 1 is 0.558 bits per heavy atom. The van der Waals surface area contributed by atoms with E-state index < -0.39 is 23.4 Å². The van der Waals surface area contributed by atoms with E-state index in [2.05, 4.69) is 10.6 Å². The molecule has 3 rings (SSSR count). The number of ether oxygens (including phenoxy) is 2. The van der Waals surface area contributed by atoms with E-state index in [4.69, 9.17) is 9.47 Å². The van der Waals surface area contributed by atoms with Gasteiger partial charge in [-0.25, -0.2) is 29.0 Å². The van der Waals surface area contributed by atoms with Gasteiger partial charge in [0.2, 0.25) is 0 Å². The Hall–Kier alpha value is -4.82. The molecule has 1 saturated heterocycles. The van der Waals surface area contributed by atoms with Crippen LogP contribution in [0.4, 0.5) is 19.2 Å². The average Bonchev–Trinajstić information content (AvgIpc) is 3.11. The van der Waals surface area contributed by atoms with E-state index in [0.29, 0.717) is 61.3 Å². The second-order valence-corrected chi connectivity index (χ2v) is 13.9. The van der Waals surface area contributed by atoms with Gasteiger partial charge in [-0.1, -0.05) is 74.2 Å². The van der Waals surface area contributed by atoms with Crippen LogP contribution in [0.15, 0.2) is 48.5 Å². The number of urea groups is 2. The average molecular weight is 725 g/mol. The third kappa shape index (κ3) is 13.4. The van der Waals surface area contributed by atoms with E-state index >= 15 is 0 Å². The molecule has 1 fully saturated rings. The fourth-order valence-corrected chi connectivity index (χ4v) is 5.28. The van der Waals surface area contributed by atoms with E-state index in [0.717, 1.165) is 38.5 Å². The van der Waals surface area contributed by atoms with Crippen LogP contribution in [0.25, 0.3) is 0 Å². The summed E-state index contributed by atoms with van der Waals surface area (Å²) in [4.78, 5) is 75.5. The molecule has 284 valence electrons. The summed E-state index contributed by atoms with van der Waals surface area (Å²) in [6.07, 6.45) is 4.90. The maximum absolute atomic E-state index is 12.4. The van der Waals surface area contributed by atoms with Crippen LogP contribution >= 0.6 is 0 Å². The number of carbonyl (C=O) groups is 6. The molecule has 0 radical (unpaired) electrons. The number of nitrogens with zero attached hydrogens (tertiary/aromatic N) is 2. The highest BCUT2D eigenvalue weighted by Gasteiger charge is 2.42. The summed E-state index contributed by atoms with van der Waals surface area (Å²) < 4.78 is 10.4. The molecule has 0 spiro atoms. The summed E-state index contributed by atoms with van der Waals surface area (Å²) in [5.41, 5.74) is -0.746. The summed E-state index contributed by atoms with van der Waals surface area (Å²) in [6, 6.07) is 12.5. The zero-order valence-corrected chi connectivity index (χ0v) is 30.6. The molecule has 1 aliphatic heterocycles. The van der Waals surface area contributed by atoms with Crippen molar-refractivity contribution in [1.29, 1.82) is 0 Å². The van der Waals surface area contributed by atoms with Gasteiger partial charge in [0.05, 0.1) is 0 Å². The minimum absolute atomic E-state index is 0.0465. The maximum Gasteiger partial charge on any atom is 0.407 e. The lowest BCUT2D eigenvalue weighted by atomic mass is 9.96. The molecule has 0 atom stereocenters. The van der Waals surface area contributed by atoms with Gasteiger partial charge in [-0.2, -0.15) is 0 Å². The van der Waals surface area contributed by atoms with Crippen molar-refractivity contribution in [3.63, 3.8) is 0 Å². The van der Waals surface area contributed by atoms with Gasteiger partial charge in [0.25, 0.3) is 0 Å². The molecule has 2 aromatic rings. The Morgan fingerprint density at radius 2 is 0.885 bits per heavy atom. The number of ketones is 2. The smallest absolute Gasteiger partial charge is 0.407 e. The summed E-state index contributed by atoms with van der Waals surface area (Å²) in [6.45, 7) is 7.38. The van der Waals surface area contributed by atoms with E-state index in [1.807, 2.05) is 0 Å². The molecule has 0 unspecified atom stereocenters. The standard InChI is InChI=1S/C38H52N4O10/c1-37(2,49)31(43)29-17-13-27(14-18-29)25-51-33(45)39-21-9-5-7-11-23-41-35(47)42(36(41)48)24-12-8-6-10-22-40-34(46)52-26-28-15-19-30(20-16-28)32(44)38(3,4)50/h13-20,49-50H,5-12,21-26H2,1-4H3,(H,39,45)(H,40,46). The summed E-state index contributed by atoms with van der Waals surface area (Å²) in [5, 5.41) is 25.1. The zero-order chi connectivity index (χ0) is 38.3. The molecule has 1 heterocycles. The molecular weight excluding hydrogens is 672 g/mol. The van der Waals surface area contributed by atoms with Crippen LogP contribution in [-0.4, -0.2) is 93.2 Å². The number of alkyl carbamates (subject to hydrolysis) is 2. The van der Waals surface area contributed by atoms with Crippen LogP contribution in [-0.2, 0) is 22.7 Å². The maximum atomic E-state index is 12.4. The van der Waals surface area contributed by atoms with Gasteiger partial charge in [0, 0.05) is 37.3 Å². The Kier molecular flexibility index (Phi) is 15.8. The highest BCUT2D eigenvalue weighted by Crippen LogP contribution is 2.19. The quantitative estimate of drug-likeness (QED) is 0.0862. The number of amides is 6. The largest absolute Gasteiger partial charge is 0.445 e. The molecule has 0 aliphatic carbocycles. The SMILES string of the molecule is CC(C)(O)C(=O)c1ccc(COC(=O)NCCCCCCN2C(=O)N(CCCCCCNC(=O)OCc3ccc(C(=O)C(C)(C)O)cc3)C2=O)cc1. The molecule has 14 nitrogen and oxygen atoms in total. The van der Waals surface area contributed by atoms with Crippen molar-refractivity contribution in [2.24, 2.45) is 0 Å². The van der Waals surface area contributed by atoms with Crippen molar-refractivity contribution in [2.45, 2.75) is 103 Å². The number of nitrogens with one attached hydrogen (secondary N) is 2. The highest BCUT2D eigenvalue weighted by molar-refractivity contribution is 6.11. The monoisotopic (exact) mass is 724 g/mol. The second kappa shape index (κ2) is 19.7. The minimum atomic E-state index is -1.46. The number of imide groups is 2. The summed E-state index contributed by atoms with van der Waals surface area (Å²) in [7, 11) is 0. The highest BCUT2D eigenvalue weighted by atomic mass is 16.6. The predicted molar refractivity (Wildman–Crippen MR) is 192 cm³/mol. The van der Waals surface area contributed by atoms with Gasteiger partial charge in [-0.3, -0.25) is 9.59 Å². The zero-order valence-electron chi connectivity index (χ0n) is 30.6. The van der Waals surface area contributed by atoms with E-state index in [9.17, 15) is 39.0 Å². The van der Waals surface area contributed by atoms with Crippen LogP contribution in [0.2, 0.25) is 0 Å². The Labute approximate surface area is 304 Å². The number of aliphatic hydroxyl groups is 2. The topological polar surface area (TPSA) is 192 Å².